The van der Waals surface area contributed by atoms with Crippen molar-refractivity contribution in [2.75, 3.05) is 50.6 Å². The summed E-state index contributed by atoms with van der Waals surface area (Å²) in [6.07, 6.45) is 4.68. The van der Waals surface area contributed by atoms with Gasteiger partial charge in [-0.1, -0.05) is 24.3 Å². The van der Waals surface area contributed by atoms with Crippen molar-refractivity contribution in [3.63, 3.8) is 0 Å². The number of piperazine rings is 1. The topological polar surface area (TPSA) is 117 Å². The molecule has 1 atom stereocenters. The van der Waals surface area contributed by atoms with Gasteiger partial charge < -0.3 is 25.6 Å². The molecule has 1 saturated heterocycles. The van der Waals surface area contributed by atoms with Gasteiger partial charge in [0.1, 0.15) is 5.82 Å². The van der Waals surface area contributed by atoms with Gasteiger partial charge in [0.05, 0.1) is 11.1 Å². The third-order valence-electron chi connectivity index (χ3n) is 7.44. The van der Waals surface area contributed by atoms with Crippen LogP contribution in [0.4, 0.5) is 10.1 Å². The van der Waals surface area contributed by atoms with E-state index in [1.165, 1.54) is 12.1 Å². The number of carbonyl (C=O) groups excluding carboxylic acids is 2. The molecular formula is C30H35FN4O4S. The zero-order valence-electron chi connectivity index (χ0n) is 23.0. The minimum atomic E-state index is -0.952. The lowest BCUT2D eigenvalue weighted by Gasteiger charge is -2.32. The second-order valence-corrected chi connectivity index (χ2v) is 11.8. The SMILES string of the molecule is Cc1[nH]c(/C=C2\C(=O)Nc3cccc(-c4cccc(F)c4)c32)c(CCCS(C)=O)c1C(=O)N1CCN(C)CC1.O. The fourth-order valence-electron chi connectivity index (χ4n) is 5.42. The number of halogens is 1. The number of anilines is 1. The highest BCUT2D eigenvalue weighted by Crippen LogP contribution is 2.41. The Kier molecular flexibility index (Phi) is 9.02. The number of nitrogens with one attached hydrogen (secondary N) is 2. The summed E-state index contributed by atoms with van der Waals surface area (Å²) in [6, 6.07) is 11.9. The van der Waals surface area contributed by atoms with Crippen LogP contribution in [0.1, 0.15) is 39.3 Å². The summed E-state index contributed by atoms with van der Waals surface area (Å²) in [7, 11) is 1.10. The highest BCUT2D eigenvalue weighted by Gasteiger charge is 2.30. The number of amides is 2. The minimum Gasteiger partial charge on any atom is -0.412 e. The molecule has 0 saturated carbocycles. The van der Waals surface area contributed by atoms with Crippen LogP contribution < -0.4 is 5.32 Å². The van der Waals surface area contributed by atoms with Crippen LogP contribution in [-0.4, -0.2) is 81.5 Å². The summed E-state index contributed by atoms with van der Waals surface area (Å²) in [5.74, 6) is -0.106. The third-order valence-corrected chi connectivity index (χ3v) is 8.30. The van der Waals surface area contributed by atoms with E-state index in [4.69, 9.17) is 0 Å². The molecule has 1 unspecified atom stereocenters. The van der Waals surface area contributed by atoms with Crippen LogP contribution in [0.3, 0.4) is 0 Å². The van der Waals surface area contributed by atoms with Crippen molar-refractivity contribution in [2.24, 2.45) is 0 Å². The van der Waals surface area contributed by atoms with Crippen molar-refractivity contribution in [3.8, 4) is 11.1 Å². The minimum absolute atomic E-state index is 0. The number of H-pyrrole nitrogens is 1. The standard InChI is InChI=1S/C30H33FN4O3S.H2O/c1-19-27(30(37)35-14-12-34(2)13-15-35)23(10-6-16-39(3)38)26(32-19)18-24-28-22(20-7-4-8-21(31)17-20)9-5-11-25(28)33-29(24)36;/h4-5,7-9,11,17-18,32H,6,10,12-16H2,1-3H3,(H,33,36);1H2/b24-18-;. The van der Waals surface area contributed by atoms with Crippen molar-refractivity contribution in [1.29, 1.82) is 0 Å². The zero-order chi connectivity index (χ0) is 27.7. The highest BCUT2D eigenvalue weighted by atomic mass is 32.2. The predicted octanol–water partition coefficient (Wildman–Crippen LogP) is 3.50. The van der Waals surface area contributed by atoms with Gasteiger partial charge in [0.15, 0.2) is 0 Å². The van der Waals surface area contributed by atoms with Gasteiger partial charge >= 0.3 is 0 Å². The Hall–Kier alpha value is -3.60. The van der Waals surface area contributed by atoms with E-state index in [0.717, 1.165) is 29.9 Å². The molecule has 2 aliphatic heterocycles. The van der Waals surface area contributed by atoms with E-state index in [2.05, 4.69) is 15.2 Å². The Morgan fingerprint density at radius 2 is 1.85 bits per heavy atom. The number of likely N-dealkylation sites (N-methyl/N-ethyl adjacent to an activating group) is 1. The highest BCUT2D eigenvalue weighted by molar-refractivity contribution is 7.84. The summed E-state index contributed by atoms with van der Waals surface area (Å²) in [5.41, 5.74) is 6.13. The van der Waals surface area contributed by atoms with Crippen LogP contribution in [0.5, 0.6) is 0 Å². The zero-order valence-corrected chi connectivity index (χ0v) is 23.8. The summed E-state index contributed by atoms with van der Waals surface area (Å²) in [5, 5.41) is 2.94. The average Bonchev–Trinajstić information content (AvgIpc) is 3.39. The summed E-state index contributed by atoms with van der Waals surface area (Å²) in [6.45, 7) is 4.82. The van der Waals surface area contributed by atoms with E-state index in [9.17, 15) is 18.2 Å². The molecule has 3 aromatic rings. The first-order valence-electron chi connectivity index (χ1n) is 13.1. The molecule has 1 aromatic heterocycles. The maximum Gasteiger partial charge on any atom is 0.256 e. The van der Waals surface area contributed by atoms with Gasteiger partial charge in [-0.05, 0) is 67.8 Å². The van der Waals surface area contributed by atoms with Crippen molar-refractivity contribution in [2.45, 2.75) is 19.8 Å². The van der Waals surface area contributed by atoms with E-state index in [-0.39, 0.29) is 23.1 Å². The van der Waals surface area contributed by atoms with E-state index < -0.39 is 10.8 Å². The number of rotatable bonds is 7. The maximum atomic E-state index is 14.1. The number of fused-ring (bicyclic) bond motifs is 1. The quantitative estimate of drug-likeness (QED) is 0.426. The molecule has 40 heavy (non-hydrogen) atoms. The number of aromatic amines is 1. The van der Waals surface area contributed by atoms with Crippen LogP contribution in [0.15, 0.2) is 42.5 Å². The first kappa shape index (κ1) is 29.4. The normalized spacial score (nSPS) is 16.9. The van der Waals surface area contributed by atoms with Gasteiger partial charge in [-0.3, -0.25) is 13.8 Å². The molecule has 0 aliphatic carbocycles. The lowest BCUT2D eigenvalue weighted by molar-refractivity contribution is -0.110. The van der Waals surface area contributed by atoms with Crippen LogP contribution in [0, 0.1) is 12.7 Å². The molecule has 3 heterocycles. The summed E-state index contributed by atoms with van der Waals surface area (Å²) >= 11 is 0. The second kappa shape index (κ2) is 12.3. The molecule has 0 bridgehead atoms. The van der Waals surface area contributed by atoms with E-state index in [0.29, 0.717) is 65.3 Å². The van der Waals surface area contributed by atoms with Gasteiger partial charge in [-0.25, -0.2) is 4.39 Å². The average molecular weight is 567 g/mol. The first-order valence-corrected chi connectivity index (χ1v) is 14.9. The molecule has 1 fully saturated rings. The second-order valence-electron chi connectivity index (χ2n) is 10.2. The van der Waals surface area contributed by atoms with Crippen LogP contribution in [-0.2, 0) is 22.0 Å². The Morgan fingerprint density at radius 3 is 2.55 bits per heavy atom. The molecule has 0 radical (unpaired) electrons. The Balaban J connectivity index is 0.00000370. The molecule has 10 heteroatoms. The molecule has 2 amide bonds. The van der Waals surface area contributed by atoms with Crippen LogP contribution in [0.2, 0.25) is 0 Å². The lowest BCUT2D eigenvalue weighted by Crippen LogP contribution is -2.47. The number of aryl methyl sites for hydroxylation is 1. The molecule has 2 aromatic carbocycles. The molecule has 8 nitrogen and oxygen atoms in total. The van der Waals surface area contributed by atoms with Crippen molar-refractivity contribution < 1.29 is 23.7 Å². The summed E-state index contributed by atoms with van der Waals surface area (Å²) in [4.78, 5) is 34.4. The fourth-order valence-corrected chi connectivity index (χ4v) is 5.97. The van der Waals surface area contributed by atoms with Gasteiger partial charge in [-0.2, -0.15) is 0 Å². The van der Waals surface area contributed by atoms with Gasteiger partial charge in [0.25, 0.3) is 11.8 Å². The van der Waals surface area contributed by atoms with E-state index in [1.807, 2.05) is 43.1 Å². The smallest absolute Gasteiger partial charge is 0.256 e. The van der Waals surface area contributed by atoms with Crippen molar-refractivity contribution in [3.05, 3.63) is 76.4 Å². The first-order chi connectivity index (χ1) is 18.7. The van der Waals surface area contributed by atoms with Gasteiger partial charge in [0.2, 0.25) is 0 Å². The number of benzene rings is 2. The molecule has 5 rings (SSSR count). The molecule has 0 spiro atoms. The fraction of sp³-hybridized carbons (Fsp3) is 0.333. The van der Waals surface area contributed by atoms with Gasteiger partial charge in [0, 0.05) is 71.6 Å². The van der Waals surface area contributed by atoms with E-state index >= 15 is 0 Å². The van der Waals surface area contributed by atoms with E-state index in [1.54, 1.807) is 18.4 Å². The Morgan fingerprint density at radius 1 is 1.12 bits per heavy atom. The maximum absolute atomic E-state index is 14.1. The number of nitrogens with zero attached hydrogens (tertiary/aromatic N) is 2. The summed E-state index contributed by atoms with van der Waals surface area (Å²) < 4.78 is 25.9. The number of hydrogen-bond donors (Lipinski definition) is 2. The monoisotopic (exact) mass is 566 g/mol. The molecular weight excluding hydrogens is 531 g/mol. The number of hydrogen-bond acceptors (Lipinski definition) is 4. The van der Waals surface area contributed by atoms with Crippen molar-refractivity contribution in [1.82, 2.24) is 14.8 Å². The Labute approximate surface area is 236 Å². The van der Waals surface area contributed by atoms with Crippen LogP contribution in [0.25, 0.3) is 22.8 Å². The predicted molar refractivity (Wildman–Crippen MR) is 158 cm³/mol. The molecule has 4 N–H and O–H groups in total. The molecule has 2 aliphatic rings. The van der Waals surface area contributed by atoms with Gasteiger partial charge in [-0.15, -0.1) is 0 Å². The largest absolute Gasteiger partial charge is 0.412 e. The lowest BCUT2D eigenvalue weighted by atomic mass is 9.93. The van der Waals surface area contributed by atoms with Crippen LogP contribution >= 0.6 is 0 Å². The molecule has 212 valence electrons. The number of carbonyl (C=O) groups is 2. The Bertz CT molecular complexity index is 1490. The van der Waals surface area contributed by atoms with Crippen molar-refractivity contribution >= 4 is 40.0 Å². The number of aromatic nitrogens is 1. The third kappa shape index (κ3) is 5.94.